The maximum absolute atomic E-state index is 10.0. The molecule has 3 nitrogen and oxygen atoms in total. The lowest BCUT2D eigenvalue weighted by Crippen LogP contribution is -2.20. The van der Waals surface area contributed by atoms with Gasteiger partial charge in [-0.05, 0) is 75.1 Å². The first-order valence-electron chi connectivity index (χ1n) is 9.14. The molecule has 2 aromatic heterocycles. The minimum Gasteiger partial charge on any atom is -0.384 e. The highest BCUT2D eigenvalue weighted by atomic mass is 16.3. The molecule has 0 amide bonds. The molecular weight excluding hydrogens is 308 g/mol. The molecule has 0 aliphatic heterocycles. The number of nitrogens with zero attached hydrogens (tertiary/aromatic N) is 2. The van der Waals surface area contributed by atoms with Gasteiger partial charge in [0.15, 0.2) is 0 Å². The third kappa shape index (κ3) is 4.88. The molecule has 0 spiro atoms. The van der Waals surface area contributed by atoms with E-state index in [2.05, 4.69) is 55.9 Å². The summed E-state index contributed by atoms with van der Waals surface area (Å²) in [5, 5.41) is 10.0. The van der Waals surface area contributed by atoms with Crippen molar-refractivity contribution in [1.29, 1.82) is 0 Å². The van der Waals surface area contributed by atoms with Gasteiger partial charge in [0.1, 0.15) is 5.60 Å². The van der Waals surface area contributed by atoms with E-state index in [1.54, 1.807) is 13.8 Å². The number of hydrogen-bond acceptors (Lipinski definition) is 3. The fourth-order valence-corrected chi connectivity index (χ4v) is 3.34. The summed E-state index contributed by atoms with van der Waals surface area (Å²) < 4.78 is 0. The van der Waals surface area contributed by atoms with Crippen molar-refractivity contribution in [2.75, 3.05) is 0 Å². The number of pyridine rings is 2. The van der Waals surface area contributed by atoms with Crippen LogP contribution in [0.25, 0.3) is 0 Å². The van der Waals surface area contributed by atoms with E-state index in [1.165, 1.54) is 11.1 Å². The van der Waals surface area contributed by atoms with Crippen LogP contribution in [0.3, 0.4) is 0 Å². The van der Waals surface area contributed by atoms with Crippen LogP contribution in [0.5, 0.6) is 0 Å². The first-order valence-corrected chi connectivity index (χ1v) is 9.14. The van der Waals surface area contributed by atoms with E-state index in [9.17, 15) is 5.11 Å². The highest BCUT2D eigenvalue weighted by Crippen LogP contribution is 2.34. The van der Waals surface area contributed by atoms with Crippen LogP contribution in [0.2, 0.25) is 0 Å². The van der Waals surface area contributed by atoms with E-state index < -0.39 is 5.60 Å². The first kappa shape index (κ1) is 19.6. The van der Waals surface area contributed by atoms with Gasteiger partial charge in [0.05, 0.1) is 5.69 Å². The molecule has 0 fully saturated rings. The average Bonchev–Trinajstić information content (AvgIpc) is 2.51. The van der Waals surface area contributed by atoms with E-state index >= 15 is 0 Å². The Morgan fingerprint density at radius 3 is 2.24 bits per heavy atom. The van der Waals surface area contributed by atoms with Crippen LogP contribution >= 0.6 is 0 Å². The van der Waals surface area contributed by atoms with E-state index in [1.807, 2.05) is 19.2 Å². The van der Waals surface area contributed by atoms with E-state index in [-0.39, 0.29) is 5.41 Å². The SMILES string of the molecule is Cc1ccc(C(C)(C)CCC(C)c2ccc(C(C)(C)O)nc2)c(C)n1. The Kier molecular flexibility index (Phi) is 5.68. The molecule has 2 heterocycles. The van der Waals surface area contributed by atoms with Crippen LogP contribution < -0.4 is 0 Å². The molecule has 1 atom stereocenters. The molecule has 2 rings (SSSR count). The van der Waals surface area contributed by atoms with Gasteiger partial charge in [-0.15, -0.1) is 0 Å². The lowest BCUT2D eigenvalue weighted by atomic mass is 9.77. The quantitative estimate of drug-likeness (QED) is 0.788. The maximum atomic E-state index is 10.0. The topological polar surface area (TPSA) is 46.0 Å². The molecule has 0 aliphatic carbocycles. The van der Waals surface area contributed by atoms with Gasteiger partial charge in [0.2, 0.25) is 0 Å². The summed E-state index contributed by atoms with van der Waals surface area (Å²) in [5.41, 5.74) is 4.69. The molecule has 0 radical (unpaired) electrons. The summed E-state index contributed by atoms with van der Waals surface area (Å²) in [6, 6.07) is 8.36. The Hall–Kier alpha value is -1.74. The van der Waals surface area contributed by atoms with Gasteiger partial charge in [-0.25, -0.2) is 0 Å². The Morgan fingerprint density at radius 1 is 1.04 bits per heavy atom. The third-order valence-corrected chi connectivity index (χ3v) is 5.14. The van der Waals surface area contributed by atoms with Gasteiger partial charge in [-0.1, -0.05) is 32.9 Å². The van der Waals surface area contributed by atoms with Crippen molar-refractivity contribution in [3.05, 3.63) is 58.7 Å². The van der Waals surface area contributed by atoms with Gasteiger partial charge >= 0.3 is 0 Å². The maximum Gasteiger partial charge on any atom is 0.101 e. The van der Waals surface area contributed by atoms with Crippen molar-refractivity contribution >= 4 is 0 Å². The van der Waals surface area contributed by atoms with E-state index in [0.29, 0.717) is 11.6 Å². The molecule has 136 valence electrons. The van der Waals surface area contributed by atoms with Crippen LogP contribution in [-0.2, 0) is 11.0 Å². The van der Waals surface area contributed by atoms with Crippen molar-refractivity contribution < 1.29 is 5.11 Å². The van der Waals surface area contributed by atoms with Crippen LogP contribution in [0.1, 0.15) is 81.6 Å². The molecule has 3 heteroatoms. The number of aromatic nitrogens is 2. The average molecular weight is 341 g/mol. The molecule has 0 aromatic carbocycles. The lowest BCUT2D eigenvalue weighted by molar-refractivity contribution is 0.0738. The van der Waals surface area contributed by atoms with Gasteiger partial charge in [0, 0.05) is 17.6 Å². The fraction of sp³-hybridized carbons (Fsp3) is 0.545. The van der Waals surface area contributed by atoms with Crippen molar-refractivity contribution in [1.82, 2.24) is 9.97 Å². The van der Waals surface area contributed by atoms with Gasteiger partial charge < -0.3 is 5.11 Å². The number of rotatable bonds is 6. The molecule has 0 saturated carbocycles. The molecule has 0 aliphatic rings. The molecule has 25 heavy (non-hydrogen) atoms. The molecule has 0 bridgehead atoms. The second kappa shape index (κ2) is 7.25. The summed E-state index contributed by atoms with van der Waals surface area (Å²) in [4.78, 5) is 9.06. The summed E-state index contributed by atoms with van der Waals surface area (Å²) in [7, 11) is 0. The van der Waals surface area contributed by atoms with Gasteiger partial charge in [-0.3, -0.25) is 9.97 Å². The molecular formula is C22H32N2O. The summed E-state index contributed by atoms with van der Waals surface area (Å²) in [6.45, 7) is 14.5. The minimum atomic E-state index is -0.889. The standard InChI is InChI=1S/C22H32N2O/c1-15(18-9-11-20(23-14-18)22(6,7)25)12-13-21(4,5)19-10-8-16(2)24-17(19)3/h8-11,14-15,25H,12-13H2,1-7H3. The second-order valence-corrected chi connectivity index (χ2v) is 8.44. The molecule has 1 N–H and O–H groups in total. The third-order valence-electron chi connectivity index (χ3n) is 5.14. The Bertz CT molecular complexity index is 712. The smallest absolute Gasteiger partial charge is 0.101 e. The normalized spacial score (nSPS) is 13.8. The van der Waals surface area contributed by atoms with Crippen molar-refractivity contribution in [3.8, 4) is 0 Å². The Balaban J connectivity index is 2.06. The van der Waals surface area contributed by atoms with Gasteiger partial charge in [-0.2, -0.15) is 0 Å². The van der Waals surface area contributed by atoms with Crippen LogP contribution in [0.15, 0.2) is 30.5 Å². The Labute approximate surface area is 152 Å². The molecule has 2 aromatic rings. The number of hydrogen-bond donors (Lipinski definition) is 1. The second-order valence-electron chi connectivity index (χ2n) is 8.44. The predicted molar refractivity (Wildman–Crippen MR) is 104 cm³/mol. The van der Waals surface area contributed by atoms with Crippen molar-refractivity contribution in [3.63, 3.8) is 0 Å². The van der Waals surface area contributed by atoms with Gasteiger partial charge in [0.25, 0.3) is 0 Å². The number of aliphatic hydroxyl groups is 1. The largest absolute Gasteiger partial charge is 0.384 e. The predicted octanol–water partition coefficient (Wildman–Crippen LogP) is 5.18. The van der Waals surface area contributed by atoms with E-state index in [0.717, 1.165) is 24.2 Å². The fourth-order valence-electron chi connectivity index (χ4n) is 3.34. The van der Waals surface area contributed by atoms with Crippen molar-refractivity contribution in [2.45, 2.75) is 78.2 Å². The van der Waals surface area contributed by atoms with Crippen LogP contribution in [0.4, 0.5) is 0 Å². The van der Waals surface area contributed by atoms with Crippen LogP contribution in [0, 0.1) is 13.8 Å². The van der Waals surface area contributed by atoms with Crippen molar-refractivity contribution in [2.24, 2.45) is 0 Å². The summed E-state index contributed by atoms with van der Waals surface area (Å²) in [5.74, 6) is 0.432. The minimum absolute atomic E-state index is 0.0967. The lowest BCUT2D eigenvalue weighted by Gasteiger charge is -2.28. The summed E-state index contributed by atoms with van der Waals surface area (Å²) in [6.07, 6.45) is 4.08. The van der Waals surface area contributed by atoms with Crippen LogP contribution in [-0.4, -0.2) is 15.1 Å². The molecule has 0 saturated heterocycles. The zero-order valence-corrected chi connectivity index (χ0v) is 16.7. The zero-order valence-electron chi connectivity index (χ0n) is 16.7. The highest BCUT2D eigenvalue weighted by molar-refractivity contribution is 5.29. The first-order chi connectivity index (χ1) is 11.5. The Morgan fingerprint density at radius 2 is 1.72 bits per heavy atom. The highest BCUT2D eigenvalue weighted by Gasteiger charge is 2.24. The summed E-state index contributed by atoms with van der Waals surface area (Å²) >= 11 is 0. The monoisotopic (exact) mass is 340 g/mol. The van der Waals surface area contributed by atoms with E-state index in [4.69, 9.17) is 0 Å². The number of aryl methyl sites for hydroxylation is 2. The zero-order chi connectivity index (χ0) is 18.8. The molecule has 1 unspecified atom stereocenters.